The number of nitrogens with one attached hydrogen (secondary N) is 3. The lowest BCUT2D eigenvalue weighted by Gasteiger charge is -2.32. The number of rotatable bonds is 4. The highest BCUT2D eigenvalue weighted by Gasteiger charge is 2.27. The Morgan fingerprint density at radius 3 is 3.00 bits per heavy atom. The molecule has 4 heterocycles. The summed E-state index contributed by atoms with van der Waals surface area (Å²) in [5.74, 6) is -0.150. The number of thioether (sulfide) groups is 1. The van der Waals surface area contributed by atoms with Crippen LogP contribution in [0.1, 0.15) is 29.0 Å². The fraction of sp³-hybridized carbons (Fsp3) is 0.278. The summed E-state index contributed by atoms with van der Waals surface area (Å²) < 4.78 is 0. The molecule has 2 saturated heterocycles. The third-order valence-corrected chi connectivity index (χ3v) is 5.27. The van der Waals surface area contributed by atoms with Crippen molar-refractivity contribution in [3.05, 3.63) is 47.1 Å². The molecule has 2 aromatic heterocycles. The van der Waals surface area contributed by atoms with E-state index in [-0.39, 0.29) is 11.9 Å². The van der Waals surface area contributed by atoms with E-state index in [1.807, 2.05) is 0 Å². The average molecular weight is 412 g/mol. The molecule has 0 aliphatic carbocycles. The molecular weight excluding hydrogens is 394 g/mol. The van der Waals surface area contributed by atoms with Crippen LogP contribution in [0.5, 0.6) is 0 Å². The van der Waals surface area contributed by atoms with Crippen LogP contribution in [0.15, 0.2) is 35.8 Å². The van der Waals surface area contributed by atoms with Crippen LogP contribution in [0, 0.1) is 0 Å². The molecule has 3 amide bonds. The zero-order valence-corrected chi connectivity index (χ0v) is 16.1. The standard InChI is InChI=1S/C18H17N7O3S/c26-15-14(29-18(28)24-15)8-11-3-4-21-17(22-11)23-12-2-1-7-25(10-12)16(27)13-9-19-5-6-20-13/h3-6,8-9,12H,1-2,7,10H2,(H,21,22,23)(H,24,26,28)/p+1/b14-8-/t12-/m0/s1. The van der Waals surface area contributed by atoms with E-state index in [0.29, 0.717) is 35.3 Å². The Morgan fingerprint density at radius 2 is 2.24 bits per heavy atom. The normalized spacial score (nSPS) is 20.6. The van der Waals surface area contributed by atoms with Crippen molar-refractivity contribution in [2.75, 3.05) is 18.4 Å². The average Bonchev–Trinajstić information content (AvgIpc) is 3.05. The van der Waals surface area contributed by atoms with Gasteiger partial charge in [-0.2, -0.15) is 0 Å². The van der Waals surface area contributed by atoms with Gasteiger partial charge in [-0.25, -0.2) is 19.9 Å². The second-order valence-electron chi connectivity index (χ2n) is 6.53. The van der Waals surface area contributed by atoms with Crippen molar-refractivity contribution < 1.29 is 19.4 Å². The van der Waals surface area contributed by atoms with E-state index in [2.05, 4.69) is 30.6 Å². The minimum atomic E-state index is -0.429. The van der Waals surface area contributed by atoms with Gasteiger partial charge in [0, 0.05) is 25.3 Å². The second kappa shape index (κ2) is 8.35. The number of imide groups is 1. The highest BCUT2D eigenvalue weighted by atomic mass is 32.2. The van der Waals surface area contributed by atoms with E-state index in [1.54, 1.807) is 41.8 Å². The predicted octanol–water partition coefficient (Wildman–Crippen LogP) is 0.726. The summed E-state index contributed by atoms with van der Waals surface area (Å²) in [5, 5.41) is 5.07. The molecule has 4 rings (SSSR count). The molecule has 0 saturated carbocycles. The quantitative estimate of drug-likeness (QED) is 0.703. The Hall–Kier alpha value is -3.34. The zero-order chi connectivity index (χ0) is 20.2. The summed E-state index contributed by atoms with van der Waals surface area (Å²) in [6.45, 7) is 1.18. The molecule has 2 aliphatic heterocycles. The van der Waals surface area contributed by atoms with E-state index < -0.39 is 11.1 Å². The molecule has 3 N–H and O–H groups in total. The number of carbonyl (C=O) groups excluding carboxylic acids is 3. The lowest BCUT2D eigenvalue weighted by atomic mass is 10.1. The van der Waals surface area contributed by atoms with Gasteiger partial charge in [0.15, 0.2) is 18.1 Å². The number of hydrogen-bond acceptors (Lipinski definition) is 8. The minimum Gasteiger partial charge on any atom is -0.350 e. The first-order valence-electron chi connectivity index (χ1n) is 9.04. The second-order valence-corrected chi connectivity index (χ2v) is 7.55. The summed E-state index contributed by atoms with van der Waals surface area (Å²) in [6, 6.07) is 1.65. The molecule has 0 radical (unpaired) electrons. The van der Waals surface area contributed by atoms with Gasteiger partial charge in [-0.1, -0.05) is 0 Å². The topological polar surface area (TPSA) is 131 Å². The lowest BCUT2D eigenvalue weighted by Crippen LogP contribution is -2.45. The number of nitrogens with zero attached hydrogens (tertiary/aromatic N) is 4. The van der Waals surface area contributed by atoms with Crippen molar-refractivity contribution in [2.45, 2.75) is 18.9 Å². The predicted molar refractivity (Wildman–Crippen MR) is 104 cm³/mol. The van der Waals surface area contributed by atoms with Gasteiger partial charge >= 0.3 is 0 Å². The molecule has 0 bridgehead atoms. The summed E-state index contributed by atoms with van der Waals surface area (Å²) >= 11 is 0.840. The third-order valence-electron chi connectivity index (χ3n) is 4.46. The monoisotopic (exact) mass is 412 g/mol. The number of aromatic nitrogens is 4. The highest BCUT2D eigenvalue weighted by molar-refractivity contribution is 8.18. The van der Waals surface area contributed by atoms with Crippen LogP contribution in [-0.2, 0) is 4.79 Å². The van der Waals surface area contributed by atoms with Gasteiger partial charge in [0.2, 0.25) is 5.95 Å². The molecule has 2 fully saturated rings. The van der Waals surface area contributed by atoms with Crippen LogP contribution in [0.3, 0.4) is 0 Å². The van der Waals surface area contributed by atoms with Crippen LogP contribution >= 0.6 is 11.8 Å². The zero-order valence-electron chi connectivity index (χ0n) is 15.3. The summed E-state index contributed by atoms with van der Waals surface area (Å²) in [4.78, 5) is 53.2. The van der Waals surface area contributed by atoms with Gasteiger partial charge in [-0.15, -0.1) is 0 Å². The molecule has 1 atom stereocenters. The summed E-state index contributed by atoms with van der Waals surface area (Å²) in [6.07, 6.45) is 9.64. The van der Waals surface area contributed by atoms with Crippen molar-refractivity contribution in [2.24, 2.45) is 0 Å². The van der Waals surface area contributed by atoms with Crippen molar-refractivity contribution in [1.82, 2.24) is 25.2 Å². The van der Waals surface area contributed by atoms with Crippen molar-refractivity contribution in [3.63, 3.8) is 0 Å². The number of H-pyrrole nitrogens is 1. The van der Waals surface area contributed by atoms with Gasteiger partial charge < -0.3 is 10.2 Å². The Labute approximate surface area is 170 Å². The van der Waals surface area contributed by atoms with Gasteiger partial charge in [0.05, 0.1) is 16.8 Å². The molecule has 11 heteroatoms. The molecular formula is C18H18N7O3S+. The summed E-state index contributed by atoms with van der Waals surface area (Å²) in [5.41, 5.74) is 0.891. The van der Waals surface area contributed by atoms with Gasteiger partial charge in [-0.3, -0.25) is 19.7 Å². The smallest absolute Gasteiger partial charge is 0.290 e. The van der Waals surface area contributed by atoms with Crippen LogP contribution in [0.25, 0.3) is 6.08 Å². The maximum atomic E-state index is 12.6. The van der Waals surface area contributed by atoms with Gasteiger partial charge in [0.1, 0.15) is 0 Å². The third kappa shape index (κ3) is 4.57. The number of likely N-dealkylation sites (tertiary alicyclic amines) is 1. The molecule has 0 aromatic carbocycles. The number of piperidine rings is 1. The number of aromatic amines is 1. The first-order valence-corrected chi connectivity index (χ1v) is 9.86. The van der Waals surface area contributed by atoms with E-state index in [1.165, 1.54) is 0 Å². The molecule has 148 valence electrons. The van der Waals surface area contributed by atoms with E-state index >= 15 is 0 Å². The Morgan fingerprint density at radius 1 is 1.34 bits per heavy atom. The fourth-order valence-electron chi connectivity index (χ4n) is 3.14. The number of amides is 3. The minimum absolute atomic E-state index is 0.00553. The Balaban J connectivity index is 1.43. The van der Waals surface area contributed by atoms with Crippen LogP contribution < -0.4 is 15.6 Å². The molecule has 2 aliphatic rings. The number of anilines is 1. The van der Waals surface area contributed by atoms with E-state index in [9.17, 15) is 14.4 Å². The SMILES string of the molecule is O=C1NC(=O)/C(=C/c2ccnc(N[C@H]3CCCN(C(=O)c4c[nH+]ccn4)C3)n2)S1. The van der Waals surface area contributed by atoms with Gasteiger partial charge in [0.25, 0.3) is 17.1 Å². The van der Waals surface area contributed by atoms with Crippen molar-refractivity contribution in [3.8, 4) is 0 Å². The molecule has 2 aromatic rings. The van der Waals surface area contributed by atoms with Gasteiger partial charge in [-0.05, 0) is 36.7 Å². The van der Waals surface area contributed by atoms with Crippen molar-refractivity contribution >= 4 is 40.8 Å². The summed E-state index contributed by atoms with van der Waals surface area (Å²) in [7, 11) is 0. The molecule has 29 heavy (non-hydrogen) atoms. The largest absolute Gasteiger partial charge is 0.350 e. The maximum Gasteiger partial charge on any atom is 0.290 e. The van der Waals surface area contributed by atoms with E-state index in [4.69, 9.17) is 0 Å². The first kappa shape index (κ1) is 19.0. The fourth-order valence-corrected chi connectivity index (χ4v) is 3.81. The molecule has 10 nitrogen and oxygen atoms in total. The first-order chi connectivity index (χ1) is 14.1. The lowest BCUT2D eigenvalue weighted by molar-refractivity contribution is -0.379. The van der Waals surface area contributed by atoms with Crippen LogP contribution in [-0.4, -0.2) is 56.0 Å². The Bertz CT molecular complexity index is 982. The maximum absolute atomic E-state index is 12.6. The number of hydrogen-bond donors (Lipinski definition) is 2. The number of carbonyl (C=O) groups is 3. The highest BCUT2D eigenvalue weighted by Crippen LogP contribution is 2.25. The van der Waals surface area contributed by atoms with Crippen LogP contribution in [0.2, 0.25) is 0 Å². The molecule has 0 unspecified atom stereocenters. The Kier molecular flexibility index (Phi) is 5.47. The molecule has 0 spiro atoms. The van der Waals surface area contributed by atoms with Crippen LogP contribution in [0.4, 0.5) is 10.7 Å². The van der Waals surface area contributed by atoms with E-state index in [0.717, 1.165) is 24.6 Å². The van der Waals surface area contributed by atoms with Crippen molar-refractivity contribution in [1.29, 1.82) is 0 Å².